The molecule has 0 aliphatic carbocycles. The van der Waals surface area contributed by atoms with Crippen molar-refractivity contribution in [2.45, 2.75) is 38.1 Å². The molecule has 1 unspecified atom stereocenters. The number of quaternary nitrogens is 1. The van der Waals surface area contributed by atoms with E-state index in [0.717, 1.165) is 0 Å². The number of carbonyl (C=O) groups excluding carboxylic acids is 1. The zero-order chi connectivity index (χ0) is 15.4. The molecule has 0 radical (unpaired) electrons. The first-order valence-electron chi connectivity index (χ1n) is 8.26. The predicted octanol–water partition coefficient (Wildman–Crippen LogP) is 2.74. The first-order chi connectivity index (χ1) is 10.7. The van der Waals surface area contributed by atoms with Crippen LogP contribution in [0.3, 0.4) is 0 Å². The molecule has 4 nitrogen and oxygen atoms in total. The van der Waals surface area contributed by atoms with E-state index >= 15 is 0 Å². The Balaban J connectivity index is 1.48. The summed E-state index contributed by atoms with van der Waals surface area (Å²) in [4.78, 5) is 13.7. The largest absolute Gasteiger partial charge is 0.449 e. The maximum atomic E-state index is 11.9. The Kier molecular flexibility index (Phi) is 5.21. The Bertz CT molecular complexity index is 504. The van der Waals surface area contributed by atoms with E-state index in [9.17, 15) is 4.79 Å². The lowest BCUT2D eigenvalue weighted by molar-refractivity contribution is -0.940. The summed E-state index contributed by atoms with van der Waals surface area (Å²) in [6.07, 6.45) is 6.01. The van der Waals surface area contributed by atoms with Crippen LogP contribution in [0.5, 0.6) is 0 Å². The summed E-state index contributed by atoms with van der Waals surface area (Å²) < 4.78 is 5.47. The lowest BCUT2D eigenvalue weighted by Crippen LogP contribution is -3.18. The fraction of sp³-hybridized carbons (Fsp3) is 0.588. The molecule has 1 amide bonds. The molecule has 0 spiro atoms. The highest BCUT2D eigenvalue weighted by Gasteiger charge is 2.37. The summed E-state index contributed by atoms with van der Waals surface area (Å²) in [7, 11) is 0. The molecule has 2 saturated heterocycles. The van der Waals surface area contributed by atoms with Gasteiger partial charge < -0.3 is 9.64 Å². The van der Waals surface area contributed by atoms with Gasteiger partial charge in [-0.15, -0.1) is 0 Å². The van der Waals surface area contributed by atoms with Gasteiger partial charge in [0.1, 0.15) is 6.61 Å². The number of halogens is 1. The standard InChI is InChI=1S/C17H23ClN2O2/c18-14-6-8-15(9-7-14)19-17(21)22-12-13-4-3-11-20-10-2-1-5-16(13)20/h6-9,13,16H,1-5,10-12H2,(H,19,21)/p+1/t13-,16-/m0/s1. The molecular weight excluding hydrogens is 300 g/mol. The van der Waals surface area contributed by atoms with Gasteiger partial charge in [0, 0.05) is 16.6 Å². The van der Waals surface area contributed by atoms with Crippen LogP contribution in [0.4, 0.5) is 10.5 Å². The zero-order valence-corrected chi connectivity index (χ0v) is 13.6. The van der Waals surface area contributed by atoms with Gasteiger partial charge in [0.2, 0.25) is 0 Å². The van der Waals surface area contributed by atoms with E-state index in [4.69, 9.17) is 16.3 Å². The fourth-order valence-electron chi connectivity index (χ4n) is 3.85. The molecule has 2 aliphatic rings. The highest BCUT2D eigenvalue weighted by molar-refractivity contribution is 6.30. The molecule has 1 aromatic rings. The van der Waals surface area contributed by atoms with Crippen molar-refractivity contribution in [1.29, 1.82) is 0 Å². The average molecular weight is 324 g/mol. The second-order valence-corrected chi connectivity index (χ2v) is 6.83. The number of fused-ring (bicyclic) bond motifs is 1. The fourth-order valence-corrected chi connectivity index (χ4v) is 3.97. The average Bonchev–Trinajstić information content (AvgIpc) is 2.55. The minimum atomic E-state index is -0.370. The van der Waals surface area contributed by atoms with Crippen LogP contribution in [0.2, 0.25) is 5.02 Å². The minimum absolute atomic E-state index is 0.370. The van der Waals surface area contributed by atoms with Gasteiger partial charge in [-0.2, -0.15) is 0 Å². The number of rotatable bonds is 3. The second kappa shape index (κ2) is 7.34. The Morgan fingerprint density at radius 3 is 2.77 bits per heavy atom. The summed E-state index contributed by atoms with van der Waals surface area (Å²) in [5.41, 5.74) is 0.711. The Hall–Kier alpha value is -1.26. The summed E-state index contributed by atoms with van der Waals surface area (Å²) in [6.45, 7) is 3.11. The quantitative estimate of drug-likeness (QED) is 0.898. The predicted molar refractivity (Wildman–Crippen MR) is 87.5 cm³/mol. The topological polar surface area (TPSA) is 42.8 Å². The Labute approximate surface area is 136 Å². The summed E-state index contributed by atoms with van der Waals surface area (Å²) >= 11 is 5.83. The summed E-state index contributed by atoms with van der Waals surface area (Å²) in [5.74, 6) is 0.514. The molecule has 5 heteroatoms. The molecule has 1 aromatic carbocycles. The van der Waals surface area contributed by atoms with E-state index in [1.807, 2.05) is 0 Å². The maximum Gasteiger partial charge on any atom is 0.411 e. The van der Waals surface area contributed by atoms with Crippen molar-refractivity contribution in [3.8, 4) is 0 Å². The Morgan fingerprint density at radius 1 is 1.18 bits per heavy atom. The minimum Gasteiger partial charge on any atom is -0.449 e. The molecule has 2 N–H and O–H groups in total. The van der Waals surface area contributed by atoms with Crippen LogP contribution in [0.1, 0.15) is 32.1 Å². The van der Waals surface area contributed by atoms with Gasteiger partial charge in [-0.1, -0.05) is 11.6 Å². The van der Waals surface area contributed by atoms with Gasteiger partial charge in [0.25, 0.3) is 0 Å². The van der Waals surface area contributed by atoms with Crippen molar-refractivity contribution in [2.75, 3.05) is 25.0 Å². The number of ether oxygens (including phenoxy) is 1. The smallest absolute Gasteiger partial charge is 0.411 e. The van der Waals surface area contributed by atoms with Crippen molar-refractivity contribution in [3.63, 3.8) is 0 Å². The number of anilines is 1. The lowest BCUT2D eigenvalue weighted by atomic mass is 9.84. The third-order valence-corrected chi connectivity index (χ3v) is 5.20. The van der Waals surface area contributed by atoms with Gasteiger partial charge in [-0.25, -0.2) is 4.79 Å². The van der Waals surface area contributed by atoms with Crippen LogP contribution in [0, 0.1) is 5.92 Å². The van der Waals surface area contributed by atoms with Crippen LogP contribution in [-0.2, 0) is 4.74 Å². The first kappa shape index (κ1) is 15.6. The van der Waals surface area contributed by atoms with Crippen LogP contribution in [0.25, 0.3) is 0 Å². The van der Waals surface area contributed by atoms with Crippen molar-refractivity contribution >= 4 is 23.4 Å². The van der Waals surface area contributed by atoms with E-state index in [1.54, 1.807) is 29.2 Å². The van der Waals surface area contributed by atoms with E-state index in [0.29, 0.717) is 29.3 Å². The van der Waals surface area contributed by atoms with E-state index in [-0.39, 0.29) is 6.09 Å². The molecule has 3 rings (SSSR count). The third-order valence-electron chi connectivity index (χ3n) is 4.95. The van der Waals surface area contributed by atoms with Gasteiger partial charge in [0.15, 0.2) is 0 Å². The maximum absolute atomic E-state index is 11.9. The van der Waals surface area contributed by atoms with Gasteiger partial charge in [0.05, 0.1) is 19.1 Å². The number of hydrogen-bond donors (Lipinski definition) is 2. The van der Waals surface area contributed by atoms with Crippen molar-refractivity contribution in [3.05, 3.63) is 29.3 Å². The molecule has 0 bridgehead atoms. The Morgan fingerprint density at radius 2 is 1.95 bits per heavy atom. The van der Waals surface area contributed by atoms with Gasteiger partial charge >= 0.3 is 6.09 Å². The van der Waals surface area contributed by atoms with Crippen LogP contribution in [0.15, 0.2) is 24.3 Å². The number of piperidine rings is 2. The van der Waals surface area contributed by atoms with Crippen LogP contribution >= 0.6 is 11.6 Å². The second-order valence-electron chi connectivity index (χ2n) is 6.39. The van der Waals surface area contributed by atoms with Crippen LogP contribution in [-0.4, -0.2) is 31.8 Å². The summed E-state index contributed by atoms with van der Waals surface area (Å²) in [5, 5.41) is 3.41. The number of hydrogen-bond acceptors (Lipinski definition) is 2. The summed E-state index contributed by atoms with van der Waals surface area (Å²) in [6, 6.07) is 7.74. The monoisotopic (exact) mass is 323 g/mol. The zero-order valence-electron chi connectivity index (χ0n) is 12.8. The molecule has 2 heterocycles. The van der Waals surface area contributed by atoms with Crippen LogP contribution < -0.4 is 10.2 Å². The highest BCUT2D eigenvalue weighted by atomic mass is 35.5. The molecule has 22 heavy (non-hydrogen) atoms. The number of nitrogens with one attached hydrogen (secondary N) is 2. The SMILES string of the molecule is O=C(Nc1ccc(Cl)cc1)OC[C@@H]1CCC[NH+]2CCCC[C@@H]12. The number of amides is 1. The highest BCUT2D eigenvalue weighted by Crippen LogP contribution is 2.21. The van der Waals surface area contributed by atoms with Crippen molar-refractivity contribution < 1.29 is 14.4 Å². The molecular formula is C17H24ClN2O2+. The molecule has 2 fully saturated rings. The van der Waals surface area contributed by atoms with E-state index in [1.165, 1.54) is 45.2 Å². The van der Waals surface area contributed by atoms with E-state index in [2.05, 4.69) is 5.32 Å². The molecule has 3 atom stereocenters. The van der Waals surface area contributed by atoms with Crippen molar-refractivity contribution in [1.82, 2.24) is 0 Å². The normalized spacial score (nSPS) is 27.8. The molecule has 0 saturated carbocycles. The van der Waals surface area contributed by atoms with Crippen molar-refractivity contribution in [2.24, 2.45) is 5.92 Å². The number of carbonyl (C=O) groups is 1. The van der Waals surface area contributed by atoms with E-state index < -0.39 is 0 Å². The molecule has 2 aliphatic heterocycles. The molecule has 120 valence electrons. The third kappa shape index (κ3) is 3.93. The molecule has 0 aromatic heterocycles. The van der Waals surface area contributed by atoms with Gasteiger partial charge in [-0.3, -0.25) is 5.32 Å². The van der Waals surface area contributed by atoms with Gasteiger partial charge in [-0.05, 0) is 56.4 Å². The first-order valence-corrected chi connectivity index (χ1v) is 8.64. The number of benzene rings is 1. The lowest BCUT2D eigenvalue weighted by Gasteiger charge is -2.40.